The van der Waals surface area contributed by atoms with Crippen molar-refractivity contribution in [3.05, 3.63) is 71.9 Å². The van der Waals surface area contributed by atoms with Gasteiger partial charge >= 0.3 is 0 Å². The number of fused-ring (bicyclic) bond motifs is 4. The van der Waals surface area contributed by atoms with Crippen LogP contribution < -0.4 is 4.74 Å². The van der Waals surface area contributed by atoms with E-state index in [1.807, 2.05) is 6.20 Å². The van der Waals surface area contributed by atoms with Crippen molar-refractivity contribution in [3.63, 3.8) is 0 Å². The molecule has 6 nitrogen and oxygen atoms in total. The number of oxime groups is 1. The molecule has 1 saturated heterocycles. The van der Waals surface area contributed by atoms with Crippen LogP contribution in [0.3, 0.4) is 0 Å². The molecule has 1 fully saturated rings. The van der Waals surface area contributed by atoms with Gasteiger partial charge in [-0.05, 0) is 30.2 Å². The molecule has 0 bridgehead atoms. The van der Waals surface area contributed by atoms with Crippen LogP contribution in [0.4, 0.5) is 0 Å². The number of hydrogen-bond acceptors (Lipinski definition) is 5. The molecule has 2 unspecified atom stereocenters. The molecule has 1 aromatic heterocycles. The molecule has 2 atom stereocenters. The monoisotopic (exact) mass is 442 g/mol. The second-order valence-electron chi connectivity index (χ2n) is 9.31. The topological polar surface area (TPSA) is 53.1 Å². The van der Waals surface area contributed by atoms with Gasteiger partial charge in [0.05, 0.1) is 5.92 Å². The molecule has 3 aliphatic rings. The number of benzene rings is 2. The Morgan fingerprint density at radius 3 is 2.76 bits per heavy atom. The maximum absolute atomic E-state index is 6.13. The Labute approximate surface area is 194 Å². The SMILES string of the molecule is C/C(=C\CN1CCN(CC2ON=C3c4cc5cc[nH]c5cc4OCC32)CC1)c1ccccc1. The molecule has 0 radical (unpaired) electrons. The zero-order valence-electron chi connectivity index (χ0n) is 19.0. The van der Waals surface area contributed by atoms with E-state index < -0.39 is 0 Å². The number of nitrogens with zero attached hydrogens (tertiary/aromatic N) is 3. The summed E-state index contributed by atoms with van der Waals surface area (Å²) in [5, 5.41) is 5.69. The predicted octanol–water partition coefficient (Wildman–Crippen LogP) is 4.00. The molecular formula is C27H30N4O2. The average molecular weight is 443 g/mol. The van der Waals surface area contributed by atoms with Crippen molar-refractivity contribution in [1.82, 2.24) is 14.8 Å². The van der Waals surface area contributed by atoms with Crippen LogP contribution in [-0.2, 0) is 4.84 Å². The van der Waals surface area contributed by atoms with Crippen LogP contribution in [0.5, 0.6) is 5.75 Å². The molecule has 4 heterocycles. The Hall–Kier alpha value is -3.09. The van der Waals surface area contributed by atoms with E-state index >= 15 is 0 Å². The van der Waals surface area contributed by atoms with E-state index in [2.05, 4.69) is 81.5 Å². The fourth-order valence-electron chi connectivity index (χ4n) is 5.11. The minimum Gasteiger partial charge on any atom is -0.492 e. The van der Waals surface area contributed by atoms with Crippen LogP contribution in [-0.4, -0.2) is 72.5 Å². The number of ether oxygens (including phenoxy) is 1. The highest BCUT2D eigenvalue weighted by atomic mass is 16.6. The molecule has 6 heteroatoms. The third-order valence-electron chi connectivity index (χ3n) is 7.22. The third kappa shape index (κ3) is 4.05. The van der Waals surface area contributed by atoms with Gasteiger partial charge in [-0.1, -0.05) is 41.6 Å². The van der Waals surface area contributed by atoms with E-state index in [9.17, 15) is 0 Å². The summed E-state index contributed by atoms with van der Waals surface area (Å²) in [6, 6.07) is 16.9. The second-order valence-corrected chi connectivity index (χ2v) is 9.31. The van der Waals surface area contributed by atoms with Gasteiger partial charge in [-0.3, -0.25) is 9.80 Å². The number of hydrogen-bond donors (Lipinski definition) is 1. The number of piperazine rings is 1. The van der Waals surface area contributed by atoms with Gasteiger partial charge < -0.3 is 14.6 Å². The first-order valence-electron chi connectivity index (χ1n) is 11.9. The van der Waals surface area contributed by atoms with Crippen molar-refractivity contribution in [2.45, 2.75) is 13.0 Å². The minimum atomic E-state index is 0.0573. The van der Waals surface area contributed by atoms with Crippen LogP contribution in [0.2, 0.25) is 0 Å². The van der Waals surface area contributed by atoms with Gasteiger partial charge in [0.2, 0.25) is 0 Å². The zero-order chi connectivity index (χ0) is 22.2. The molecule has 6 rings (SSSR count). The summed E-state index contributed by atoms with van der Waals surface area (Å²) in [6.45, 7) is 9.00. The van der Waals surface area contributed by atoms with Gasteiger partial charge in [0.25, 0.3) is 0 Å². The first kappa shape index (κ1) is 20.5. The van der Waals surface area contributed by atoms with Gasteiger partial charge in [0, 0.05) is 68.0 Å². The number of rotatable bonds is 5. The summed E-state index contributed by atoms with van der Waals surface area (Å²) in [6.07, 6.45) is 4.37. The summed E-state index contributed by atoms with van der Waals surface area (Å²) in [4.78, 5) is 14.2. The third-order valence-corrected chi connectivity index (χ3v) is 7.22. The van der Waals surface area contributed by atoms with Crippen molar-refractivity contribution in [2.24, 2.45) is 11.1 Å². The lowest BCUT2D eigenvalue weighted by Gasteiger charge is -2.36. The van der Waals surface area contributed by atoms with E-state index in [0.29, 0.717) is 6.61 Å². The van der Waals surface area contributed by atoms with E-state index in [1.54, 1.807) is 0 Å². The fraction of sp³-hybridized carbons (Fsp3) is 0.370. The first-order chi connectivity index (χ1) is 16.2. The van der Waals surface area contributed by atoms with Crippen LogP contribution >= 0.6 is 0 Å². The maximum Gasteiger partial charge on any atom is 0.151 e. The number of H-pyrrole nitrogens is 1. The van der Waals surface area contributed by atoms with Crippen LogP contribution in [0.1, 0.15) is 18.1 Å². The number of aromatic nitrogens is 1. The molecule has 170 valence electrons. The Morgan fingerprint density at radius 2 is 1.91 bits per heavy atom. The standard InChI is InChI=1S/C27H30N4O2/c1-19(20-5-3-2-4-6-20)8-10-30-11-13-31(14-12-30)17-26-23-18-32-25-16-24-21(7-9-28-24)15-22(25)27(23)29-33-26/h2-9,15-16,23,26,28H,10-14,17-18H2,1H3/b19-8+. The molecule has 33 heavy (non-hydrogen) atoms. The molecule has 0 aliphatic carbocycles. The van der Waals surface area contributed by atoms with Crippen molar-refractivity contribution >= 4 is 22.2 Å². The Balaban J connectivity index is 1.04. The van der Waals surface area contributed by atoms with Gasteiger partial charge in [-0.2, -0.15) is 0 Å². The van der Waals surface area contributed by atoms with E-state index in [4.69, 9.17) is 9.57 Å². The summed E-state index contributed by atoms with van der Waals surface area (Å²) < 4.78 is 6.13. The summed E-state index contributed by atoms with van der Waals surface area (Å²) in [5.41, 5.74) is 5.86. The highest BCUT2D eigenvalue weighted by Crippen LogP contribution is 2.36. The van der Waals surface area contributed by atoms with Crippen molar-refractivity contribution in [1.29, 1.82) is 0 Å². The number of aromatic amines is 1. The highest BCUT2D eigenvalue weighted by Gasteiger charge is 2.41. The second kappa shape index (κ2) is 8.69. The Kier molecular flexibility index (Phi) is 5.40. The summed E-state index contributed by atoms with van der Waals surface area (Å²) in [5.74, 6) is 1.10. The molecule has 1 N–H and O–H groups in total. The Bertz CT molecular complexity index is 1190. The minimum absolute atomic E-state index is 0.0573. The van der Waals surface area contributed by atoms with Crippen LogP contribution in [0.15, 0.2) is 66.0 Å². The molecule has 0 amide bonds. The lowest BCUT2D eigenvalue weighted by molar-refractivity contribution is 0.0103. The molecule has 0 saturated carbocycles. The molecule has 0 spiro atoms. The van der Waals surface area contributed by atoms with Gasteiger partial charge in [-0.25, -0.2) is 0 Å². The molecule has 3 aromatic rings. The zero-order valence-corrected chi connectivity index (χ0v) is 19.0. The van der Waals surface area contributed by atoms with E-state index in [-0.39, 0.29) is 12.0 Å². The summed E-state index contributed by atoms with van der Waals surface area (Å²) >= 11 is 0. The molecular weight excluding hydrogens is 412 g/mol. The lowest BCUT2D eigenvalue weighted by atomic mass is 9.89. The highest BCUT2D eigenvalue weighted by molar-refractivity contribution is 6.08. The molecule has 3 aliphatic heterocycles. The van der Waals surface area contributed by atoms with Crippen molar-refractivity contribution in [2.75, 3.05) is 45.9 Å². The normalized spacial score (nSPS) is 23.5. The van der Waals surface area contributed by atoms with Crippen molar-refractivity contribution in [3.8, 4) is 5.75 Å². The van der Waals surface area contributed by atoms with Gasteiger partial charge in [0.1, 0.15) is 18.1 Å². The van der Waals surface area contributed by atoms with Crippen molar-refractivity contribution < 1.29 is 9.57 Å². The fourth-order valence-corrected chi connectivity index (χ4v) is 5.11. The Morgan fingerprint density at radius 1 is 1.09 bits per heavy atom. The van der Waals surface area contributed by atoms with Gasteiger partial charge in [0.15, 0.2) is 6.10 Å². The quantitative estimate of drug-likeness (QED) is 0.649. The lowest BCUT2D eigenvalue weighted by Crippen LogP contribution is -2.50. The van der Waals surface area contributed by atoms with Crippen LogP contribution in [0.25, 0.3) is 16.5 Å². The maximum atomic E-state index is 6.13. The number of nitrogens with one attached hydrogen (secondary N) is 1. The van der Waals surface area contributed by atoms with E-state index in [0.717, 1.165) is 61.8 Å². The van der Waals surface area contributed by atoms with Crippen LogP contribution in [0, 0.1) is 5.92 Å². The first-order valence-corrected chi connectivity index (χ1v) is 11.9. The summed E-state index contributed by atoms with van der Waals surface area (Å²) in [7, 11) is 0. The van der Waals surface area contributed by atoms with Gasteiger partial charge in [-0.15, -0.1) is 0 Å². The number of allylic oxidation sites excluding steroid dienone is 1. The largest absolute Gasteiger partial charge is 0.492 e. The average Bonchev–Trinajstić information content (AvgIpc) is 3.49. The molecule has 2 aromatic carbocycles. The smallest absolute Gasteiger partial charge is 0.151 e. The van der Waals surface area contributed by atoms with E-state index in [1.165, 1.54) is 16.5 Å². The predicted molar refractivity (Wildman–Crippen MR) is 132 cm³/mol.